The van der Waals surface area contributed by atoms with Crippen molar-refractivity contribution in [2.75, 3.05) is 6.61 Å². The Balaban J connectivity index is 1.56. The van der Waals surface area contributed by atoms with Crippen molar-refractivity contribution in [1.29, 1.82) is 0 Å². The van der Waals surface area contributed by atoms with Gasteiger partial charge in [0.2, 0.25) is 5.78 Å². The summed E-state index contributed by atoms with van der Waals surface area (Å²) in [6.45, 7) is 1.27. The first kappa shape index (κ1) is 18.2. The third kappa shape index (κ3) is 3.24. The molecular formula is C19H17ClN4O2S2. The summed E-state index contributed by atoms with van der Waals surface area (Å²) >= 11 is 9.02. The van der Waals surface area contributed by atoms with Gasteiger partial charge >= 0.3 is 0 Å². The van der Waals surface area contributed by atoms with E-state index in [1.165, 1.54) is 11.3 Å². The minimum absolute atomic E-state index is 0.0188. The highest BCUT2D eigenvalue weighted by Crippen LogP contribution is 2.27. The summed E-state index contributed by atoms with van der Waals surface area (Å²) in [4.78, 5) is 13.0. The Morgan fingerprint density at radius 3 is 2.89 bits per heavy atom. The Morgan fingerprint density at radius 1 is 1.25 bits per heavy atom. The molecule has 5 rings (SSSR count). The molecule has 1 aliphatic heterocycles. The van der Waals surface area contributed by atoms with Gasteiger partial charge in [-0.25, -0.2) is 0 Å². The maximum absolute atomic E-state index is 13.0. The number of halogens is 1. The SMILES string of the molecule is O=c1c2sccc2n2c(SCc3ccc(Cl)cc3)nnc2n1CC1CCCO1. The highest BCUT2D eigenvalue weighted by molar-refractivity contribution is 7.98. The fraction of sp³-hybridized carbons (Fsp3) is 0.316. The molecule has 1 saturated heterocycles. The number of nitrogens with zero attached hydrogens (tertiary/aromatic N) is 4. The third-order valence-corrected chi connectivity index (χ3v) is 7.02. The summed E-state index contributed by atoms with van der Waals surface area (Å²) in [5.74, 6) is 1.32. The van der Waals surface area contributed by atoms with E-state index in [1.807, 2.05) is 40.1 Å². The molecule has 1 fully saturated rings. The summed E-state index contributed by atoms with van der Waals surface area (Å²) < 4.78 is 10.2. The Bertz CT molecular complexity index is 1190. The molecule has 1 atom stereocenters. The molecular weight excluding hydrogens is 416 g/mol. The van der Waals surface area contributed by atoms with Crippen LogP contribution in [0, 0.1) is 0 Å². The van der Waals surface area contributed by atoms with Crippen LogP contribution in [0.2, 0.25) is 5.02 Å². The van der Waals surface area contributed by atoms with Crippen molar-refractivity contribution in [3.63, 3.8) is 0 Å². The van der Waals surface area contributed by atoms with Crippen LogP contribution >= 0.6 is 34.7 Å². The lowest BCUT2D eigenvalue weighted by Crippen LogP contribution is -2.28. The molecule has 0 bridgehead atoms. The van der Waals surface area contributed by atoms with Gasteiger partial charge in [-0.3, -0.25) is 13.8 Å². The molecule has 144 valence electrons. The van der Waals surface area contributed by atoms with Gasteiger partial charge in [-0.05, 0) is 42.0 Å². The fourth-order valence-electron chi connectivity index (χ4n) is 3.48. The first-order valence-corrected chi connectivity index (χ1v) is 11.3. The summed E-state index contributed by atoms with van der Waals surface area (Å²) in [6.07, 6.45) is 2.06. The van der Waals surface area contributed by atoms with Crippen LogP contribution in [0.5, 0.6) is 0 Å². The lowest BCUT2D eigenvalue weighted by atomic mass is 10.2. The maximum atomic E-state index is 13.0. The van der Waals surface area contributed by atoms with Crippen molar-refractivity contribution in [3.8, 4) is 0 Å². The zero-order valence-corrected chi connectivity index (χ0v) is 17.3. The van der Waals surface area contributed by atoms with Crippen molar-refractivity contribution in [3.05, 3.63) is 56.7 Å². The van der Waals surface area contributed by atoms with Crippen molar-refractivity contribution >= 4 is 50.7 Å². The molecule has 4 aromatic rings. The van der Waals surface area contributed by atoms with E-state index in [9.17, 15) is 4.79 Å². The molecule has 6 nitrogen and oxygen atoms in total. The lowest BCUT2D eigenvalue weighted by molar-refractivity contribution is 0.0969. The van der Waals surface area contributed by atoms with Gasteiger partial charge in [0.1, 0.15) is 4.70 Å². The largest absolute Gasteiger partial charge is 0.376 e. The second-order valence-corrected chi connectivity index (χ2v) is 9.01. The van der Waals surface area contributed by atoms with Crippen LogP contribution in [0.3, 0.4) is 0 Å². The quantitative estimate of drug-likeness (QED) is 0.441. The van der Waals surface area contributed by atoms with Crippen LogP contribution < -0.4 is 5.56 Å². The predicted octanol–water partition coefficient (Wildman–Crippen LogP) is 4.23. The molecule has 0 N–H and O–H groups in total. The molecule has 0 radical (unpaired) electrons. The lowest BCUT2D eigenvalue weighted by Gasteiger charge is -2.13. The molecule has 3 aromatic heterocycles. The highest BCUT2D eigenvalue weighted by atomic mass is 35.5. The maximum Gasteiger partial charge on any atom is 0.272 e. The number of benzene rings is 1. The second kappa shape index (κ2) is 7.51. The Hall–Kier alpha value is -1.87. The molecule has 9 heteroatoms. The molecule has 1 unspecified atom stereocenters. The number of hydrogen-bond donors (Lipinski definition) is 0. The number of fused-ring (bicyclic) bond motifs is 3. The fourth-order valence-corrected chi connectivity index (χ4v) is 5.32. The molecule has 4 heterocycles. The predicted molar refractivity (Wildman–Crippen MR) is 113 cm³/mol. The molecule has 28 heavy (non-hydrogen) atoms. The van der Waals surface area contributed by atoms with Crippen LogP contribution in [-0.2, 0) is 17.0 Å². The van der Waals surface area contributed by atoms with Crippen molar-refractivity contribution < 1.29 is 4.74 Å². The van der Waals surface area contributed by atoms with E-state index in [4.69, 9.17) is 16.3 Å². The first-order chi connectivity index (χ1) is 13.7. The number of rotatable bonds is 5. The standard InChI is InChI=1S/C19H17ClN4O2S2/c20-13-5-3-12(4-6-13)11-28-19-22-21-18-23(10-14-2-1-8-26-14)17(25)16-15(24(18)19)7-9-27-16/h3-7,9,14H,1-2,8,10-11H2. The van der Waals surface area contributed by atoms with Crippen LogP contribution in [0.4, 0.5) is 0 Å². The monoisotopic (exact) mass is 432 g/mol. The highest BCUT2D eigenvalue weighted by Gasteiger charge is 2.22. The van der Waals surface area contributed by atoms with E-state index in [0.717, 1.165) is 51.2 Å². The molecule has 0 amide bonds. The van der Waals surface area contributed by atoms with Crippen molar-refractivity contribution in [1.82, 2.24) is 19.2 Å². The van der Waals surface area contributed by atoms with E-state index < -0.39 is 0 Å². The average Bonchev–Trinajstić information content (AvgIpc) is 3.44. The van der Waals surface area contributed by atoms with E-state index >= 15 is 0 Å². The van der Waals surface area contributed by atoms with Gasteiger partial charge in [-0.2, -0.15) is 0 Å². The van der Waals surface area contributed by atoms with Crippen LogP contribution in [0.15, 0.2) is 45.7 Å². The van der Waals surface area contributed by atoms with Crippen molar-refractivity contribution in [2.45, 2.75) is 36.4 Å². The summed E-state index contributed by atoms with van der Waals surface area (Å²) in [5.41, 5.74) is 1.99. The second-order valence-electron chi connectivity index (χ2n) is 6.72. The van der Waals surface area contributed by atoms with Gasteiger partial charge < -0.3 is 4.74 Å². The Kier molecular flexibility index (Phi) is 4.88. The van der Waals surface area contributed by atoms with Crippen LogP contribution in [-0.4, -0.2) is 31.9 Å². The third-order valence-electron chi connectivity index (χ3n) is 4.87. The van der Waals surface area contributed by atoms with Crippen LogP contribution in [0.25, 0.3) is 16.0 Å². The normalized spacial score (nSPS) is 17.1. The first-order valence-electron chi connectivity index (χ1n) is 9.05. The number of ether oxygens (including phenoxy) is 1. The van der Waals surface area contributed by atoms with E-state index in [-0.39, 0.29) is 11.7 Å². The van der Waals surface area contributed by atoms with E-state index in [0.29, 0.717) is 12.3 Å². The Labute approximate surface area is 174 Å². The molecule has 1 aromatic carbocycles. The van der Waals surface area contributed by atoms with Gasteiger partial charge in [-0.15, -0.1) is 21.5 Å². The minimum Gasteiger partial charge on any atom is -0.376 e. The summed E-state index contributed by atoms with van der Waals surface area (Å²) in [5, 5.41) is 12.2. The molecule has 1 aliphatic rings. The zero-order valence-electron chi connectivity index (χ0n) is 14.9. The van der Waals surface area contributed by atoms with Gasteiger partial charge in [0, 0.05) is 17.4 Å². The molecule has 0 aliphatic carbocycles. The zero-order chi connectivity index (χ0) is 19.1. The van der Waals surface area contributed by atoms with Crippen molar-refractivity contribution in [2.24, 2.45) is 0 Å². The topological polar surface area (TPSA) is 61.4 Å². The summed E-state index contributed by atoms with van der Waals surface area (Å²) in [7, 11) is 0. The number of hydrogen-bond acceptors (Lipinski definition) is 6. The number of thiophene rings is 1. The van der Waals surface area contributed by atoms with E-state index in [2.05, 4.69) is 10.2 Å². The van der Waals surface area contributed by atoms with Gasteiger partial charge in [0.05, 0.1) is 18.2 Å². The van der Waals surface area contributed by atoms with Gasteiger partial charge in [0.25, 0.3) is 5.56 Å². The molecule has 0 spiro atoms. The average molecular weight is 433 g/mol. The van der Waals surface area contributed by atoms with Gasteiger partial charge in [0.15, 0.2) is 5.16 Å². The summed E-state index contributed by atoms with van der Waals surface area (Å²) in [6, 6.07) is 9.74. The van der Waals surface area contributed by atoms with E-state index in [1.54, 1.807) is 16.3 Å². The molecule has 0 saturated carbocycles. The Morgan fingerprint density at radius 2 is 2.11 bits per heavy atom. The number of thioether (sulfide) groups is 1. The van der Waals surface area contributed by atoms with Crippen LogP contribution in [0.1, 0.15) is 18.4 Å². The minimum atomic E-state index is -0.0188. The number of aromatic nitrogens is 4. The van der Waals surface area contributed by atoms with Gasteiger partial charge in [-0.1, -0.05) is 35.5 Å². The smallest absolute Gasteiger partial charge is 0.272 e.